The lowest BCUT2D eigenvalue weighted by Crippen LogP contribution is -2.05. The van der Waals surface area contributed by atoms with E-state index in [2.05, 4.69) is 33.1 Å². The highest BCUT2D eigenvalue weighted by molar-refractivity contribution is 5.79. The van der Waals surface area contributed by atoms with Gasteiger partial charge >= 0.3 is 0 Å². The zero-order valence-corrected chi connectivity index (χ0v) is 10.5. The van der Waals surface area contributed by atoms with Crippen molar-refractivity contribution >= 4 is 5.69 Å². The van der Waals surface area contributed by atoms with Gasteiger partial charge in [-0.3, -0.25) is 0 Å². The van der Waals surface area contributed by atoms with Gasteiger partial charge in [0.05, 0.1) is 24.8 Å². The maximum Gasteiger partial charge on any atom is 0.0951 e. The standard InChI is InChI=1S/C14H17N3O/c1-18-8-7-17-10-15-9-13(17)12-4-2-3-11-5-6-16-14(11)12/h2-4,9-10,16H,5-8H2,1H3. The van der Waals surface area contributed by atoms with Gasteiger partial charge in [-0.1, -0.05) is 18.2 Å². The molecule has 0 radical (unpaired) electrons. The van der Waals surface area contributed by atoms with Crippen molar-refractivity contribution in [3.63, 3.8) is 0 Å². The molecule has 1 aromatic carbocycles. The molecule has 1 aromatic heterocycles. The van der Waals surface area contributed by atoms with Crippen molar-refractivity contribution in [2.45, 2.75) is 13.0 Å². The minimum Gasteiger partial charge on any atom is -0.384 e. The molecule has 0 fully saturated rings. The summed E-state index contributed by atoms with van der Waals surface area (Å²) in [6, 6.07) is 6.46. The van der Waals surface area contributed by atoms with Crippen molar-refractivity contribution in [2.24, 2.45) is 0 Å². The second-order valence-electron chi connectivity index (χ2n) is 4.48. The van der Waals surface area contributed by atoms with E-state index in [9.17, 15) is 0 Å². The Balaban J connectivity index is 2.00. The van der Waals surface area contributed by atoms with Crippen LogP contribution < -0.4 is 5.32 Å². The van der Waals surface area contributed by atoms with Crippen LogP contribution in [0, 0.1) is 0 Å². The van der Waals surface area contributed by atoms with E-state index in [1.54, 1.807) is 7.11 Å². The molecule has 4 heteroatoms. The lowest BCUT2D eigenvalue weighted by Gasteiger charge is -2.11. The second-order valence-corrected chi connectivity index (χ2v) is 4.48. The van der Waals surface area contributed by atoms with Gasteiger partial charge in [0.2, 0.25) is 0 Å². The van der Waals surface area contributed by atoms with E-state index < -0.39 is 0 Å². The van der Waals surface area contributed by atoms with E-state index in [0.717, 1.165) is 25.2 Å². The molecule has 0 saturated heterocycles. The number of ether oxygens (including phenoxy) is 1. The Morgan fingerprint density at radius 3 is 3.28 bits per heavy atom. The van der Waals surface area contributed by atoms with E-state index in [1.165, 1.54) is 16.8 Å². The topological polar surface area (TPSA) is 39.1 Å². The average molecular weight is 243 g/mol. The first-order valence-corrected chi connectivity index (χ1v) is 6.25. The summed E-state index contributed by atoms with van der Waals surface area (Å²) < 4.78 is 7.27. The predicted octanol–water partition coefficient (Wildman–Crippen LogP) is 2.16. The summed E-state index contributed by atoms with van der Waals surface area (Å²) in [5.41, 5.74) is 5.04. The number of hydrogen-bond donors (Lipinski definition) is 1. The van der Waals surface area contributed by atoms with Crippen LogP contribution in [0.25, 0.3) is 11.3 Å². The monoisotopic (exact) mass is 243 g/mol. The van der Waals surface area contributed by atoms with Crippen LogP contribution in [0.1, 0.15) is 5.56 Å². The Morgan fingerprint density at radius 1 is 1.44 bits per heavy atom. The van der Waals surface area contributed by atoms with Crippen LogP contribution in [0.15, 0.2) is 30.7 Å². The van der Waals surface area contributed by atoms with Gasteiger partial charge in [-0.25, -0.2) is 4.98 Å². The number of hydrogen-bond acceptors (Lipinski definition) is 3. The number of aromatic nitrogens is 2. The Bertz CT molecular complexity index is 548. The summed E-state index contributed by atoms with van der Waals surface area (Å²) in [5.74, 6) is 0. The first kappa shape index (κ1) is 11.3. The van der Waals surface area contributed by atoms with Crippen LogP contribution in [-0.2, 0) is 17.7 Å². The van der Waals surface area contributed by atoms with Crippen molar-refractivity contribution in [1.29, 1.82) is 0 Å². The zero-order valence-electron chi connectivity index (χ0n) is 10.5. The van der Waals surface area contributed by atoms with E-state index in [4.69, 9.17) is 4.74 Å². The molecule has 4 nitrogen and oxygen atoms in total. The number of benzene rings is 1. The number of imidazole rings is 1. The molecule has 1 aliphatic heterocycles. The Hall–Kier alpha value is -1.81. The highest BCUT2D eigenvalue weighted by Gasteiger charge is 2.16. The van der Waals surface area contributed by atoms with E-state index >= 15 is 0 Å². The maximum absolute atomic E-state index is 5.13. The van der Waals surface area contributed by atoms with Crippen LogP contribution in [0.5, 0.6) is 0 Å². The van der Waals surface area contributed by atoms with Gasteiger partial charge in [0, 0.05) is 31.5 Å². The fraction of sp³-hybridized carbons (Fsp3) is 0.357. The van der Waals surface area contributed by atoms with Gasteiger partial charge < -0.3 is 14.6 Å². The minimum atomic E-state index is 0.700. The zero-order chi connectivity index (χ0) is 12.4. The van der Waals surface area contributed by atoms with Crippen LogP contribution in [0.2, 0.25) is 0 Å². The highest BCUT2D eigenvalue weighted by Crippen LogP contribution is 2.33. The molecule has 0 aliphatic carbocycles. The molecule has 0 atom stereocenters. The van der Waals surface area contributed by atoms with Crippen molar-refractivity contribution in [2.75, 3.05) is 25.6 Å². The number of nitrogens with one attached hydrogen (secondary N) is 1. The summed E-state index contributed by atoms with van der Waals surface area (Å²) in [4.78, 5) is 4.26. The van der Waals surface area contributed by atoms with E-state index in [1.807, 2.05) is 12.5 Å². The lowest BCUT2D eigenvalue weighted by atomic mass is 10.1. The predicted molar refractivity (Wildman–Crippen MR) is 71.7 cm³/mol. The first-order valence-electron chi connectivity index (χ1n) is 6.25. The summed E-state index contributed by atoms with van der Waals surface area (Å²) in [6.45, 7) is 2.56. The molecule has 1 aliphatic rings. The molecule has 0 amide bonds. The number of anilines is 1. The van der Waals surface area contributed by atoms with Gasteiger partial charge in [-0.15, -0.1) is 0 Å². The van der Waals surface area contributed by atoms with Gasteiger partial charge in [0.15, 0.2) is 0 Å². The fourth-order valence-corrected chi connectivity index (χ4v) is 2.47. The molecule has 1 N–H and O–H groups in total. The molecule has 94 valence electrons. The third-order valence-corrected chi connectivity index (χ3v) is 3.37. The van der Waals surface area contributed by atoms with Crippen molar-refractivity contribution < 1.29 is 4.74 Å². The maximum atomic E-state index is 5.13. The number of rotatable bonds is 4. The summed E-state index contributed by atoms with van der Waals surface area (Å²) in [5, 5.41) is 3.47. The number of fused-ring (bicyclic) bond motifs is 1. The fourth-order valence-electron chi connectivity index (χ4n) is 2.47. The molecular formula is C14H17N3O. The van der Waals surface area contributed by atoms with Crippen LogP contribution >= 0.6 is 0 Å². The number of nitrogens with zero attached hydrogens (tertiary/aromatic N) is 2. The molecular weight excluding hydrogens is 226 g/mol. The van der Waals surface area contributed by atoms with Crippen molar-refractivity contribution in [3.05, 3.63) is 36.3 Å². The molecule has 0 spiro atoms. The smallest absolute Gasteiger partial charge is 0.0951 e. The van der Waals surface area contributed by atoms with Gasteiger partial charge in [0.25, 0.3) is 0 Å². The Labute approximate surface area is 107 Å². The number of methoxy groups -OCH3 is 1. The van der Waals surface area contributed by atoms with Gasteiger partial charge in [0.1, 0.15) is 0 Å². The third kappa shape index (κ3) is 1.88. The van der Waals surface area contributed by atoms with Crippen molar-refractivity contribution in [3.8, 4) is 11.3 Å². The van der Waals surface area contributed by atoms with Gasteiger partial charge in [-0.05, 0) is 12.0 Å². The second kappa shape index (κ2) is 4.82. The van der Waals surface area contributed by atoms with E-state index in [-0.39, 0.29) is 0 Å². The summed E-state index contributed by atoms with van der Waals surface area (Å²) in [7, 11) is 1.72. The average Bonchev–Trinajstić information content (AvgIpc) is 3.04. The van der Waals surface area contributed by atoms with Gasteiger partial charge in [-0.2, -0.15) is 0 Å². The normalized spacial score (nSPS) is 13.4. The molecule has 18 heavy (non-hydrogen) atoms. The molecule has 0 bridgehead atoms. The largest absolute Gasteiger partial charge is 0.384 e. The van der Waals surface area contributed by atoms with Crippen LogP contribution in [-0.4, -0.2) is 29.8 Å². The summed E-state index contributed by atoms with van der Waals surface area (Å²) in [6.07, 6.45) is 4.89. The van der Waals surface area contributed by atoms with E-state index in [0.29, 0.717) is 6.61 Å². The molecule has 2 aromatic rings. The number of para-hydroxylation sites is 1. The van der Waals surface area contributed by atoms with Crippen molar-refractivity contribution in [1.82, 2.24) is 9.55 Å². The highest BCUT2D eigenvalue weighted by atomic mass is 16.5. The SMILES string of the molecule is COCCn1cncc1-c1cccc2c1NCC2. The lowest BCUT2D eigenvalue weighted by molar-refractivity contribution is 0.187. The Kier molecular flexibility index (Phi) is 3.02. The Morgan fingerprint density at radius 2 is 2.39 bits per heavy atom. The first-order chi connectivity index (χ1) is 8.90. The van der Waals surface area contributed by atoms with Crippen LogP contribution in [0.4, 0.5) is 5.69 Å². The molecule has 0 unspecified atom stereocenters. The quantitative estimate of drug-likeness (QED) is 0.894. The minimum absolute atomic E-state index is 0.700. The molecule has 3 rings (SSSR count). The van der Waals surface area contributed by atoms with Crippen LogP contribution in [0.3, 0.4) is 0 Å². The third-order valence-electron chi connectivity index (χ3n) is 3.37. The molecule has 0 saturated carbocycles. The summed E-state index contributed by atoms with van der Waals surface area (Å²) >= 11 is 0. The molecule has 2 heterocycles.